The molecule has 0 spiro atoms. The van der Waals surface area contributed by atoms with Gasteiger partial charge in [-0.2, -0.15) is 0 Å². The van der Waals surface area contributed by atoms with Crippen LogP contribution in [0.1, 0.15) is 33.6 Å². The molecule has 0 aliphatic carbocycles. The summed E-state index contributed by atoms with van der Waals surface area (Å²) in [5.41, 5.74) is 0.109. The lowest BCUT2D eigenvalue weighted by Crippen LogP contribution is -2.42. The molecule has 0 saturated carbocycles. The van der Waals surface area contributed by atoms with Crippen LogP contribution in [-0.4, -0.2) is 24.4 Å². The first kappa shape index (κ1) is 10.0. The van der Waals surface area contributed by atoms with E-state index in [2.05, 4.69) is 13.8 Å². The van der Waals surface area contributed by atoms with E-state index in [1.165, 1.54) is 0 Å². The van der Waals surface area contributed by atoms with E-state index in [1.54, 1.807) is 0 Å². The van der Waals surface area contributed by atoms with Gasteiger partial charge in [0.05, 0.1) is 6.10 Å². The van der Waals surface area contributed by atoms with E-state index in [9.17, 15) is 5.11 Å². The Bertz CT molecular complexity index is 125. The maximum Gasteiger partial charge on any atom is 0.0572 e. The maximum atomic E-state index is 9.74. The predicted molar refractivity (Wildman–Crippen MR) is 49.0 cm³/mol. The topological polar surface area (TPSA) is 29.5 Å². The molecule has 1 aliphatic heterocycles. The normalized spacial score (nSPS) is 25.8. The zero-order valence-electron chi connectivity index (χ0n) is 8.34. The highest BCUT2D eigenvalue weighted by Gasteiger charge is 2.39. The van der Waals surface area contributed by atoms with Crippen LogP contribution in [0.15, 0.2) is 0 Å². The molecule has 12 heavy (non-hydrogen) atoms. The minimum Gasteiger partial charge on any atom is -0.393 e. The fourth-order valence-electron chi connectivity index (χ4n) is 2.23. The summed E-state index contributed by atoms with van der Waals surface area (Å²) >= 11 is 0. The van der Waals surface area contributed by atoms with Crippen molar-refractivity contribution >= 4 is 0 Å². The molecule has 2 heteroatoms. The van der Waals surface area contributed by atoms with Crippen molar-refractivity contribution in [2.24, 2.45) is 11.3 Å². The third-order valence-corrected chi connectivity index (χ3v) is 3.41. The lowest BCUT2D eigenvalue weighted by molar-refractivity contribution is -0.0802. The van der Waals surface area contributed by atoms with Crippen molar-refractivity contribution in [3.63, 3.8) is 0 Å². The lowest BCUT2D eigenvalue weighted by atomic mass is 9.68. The van der Waals surface area contributed by atoms with Crippen molar-refractivity contribution in [3.05, 3.63) is 0 Å². The molecular weight excluding hydrogens is 152 g/mol. The van der Waals surface area contributed by atoms with Gasteiger partial charge in [-0.15, -0.1) is 0 Å². The van der Waals surface area contributed by atoms with Gasteiger partial charge >= 0.3 is 0 Å². The Morgan fingerprint density at radius 2 is 1.67 bits per heavy atom. The van der Waals surface area contributed by atoms with Crippen LogP contribution in [0.5, 0.6) is 0 Å². The van der Waals surface area contributed by atoms with E-state index in [-0.39, 0.29) is 11.5 Å². The highest BCUT2D eigenvalue weighted by Crippen LogP contribution is 2.41. The second-order valence-electron chi connectivity index (χ2n) is 4.18. The summed E-state index contributed by atoms with van der Waals surface area (Å²) in [5, 5.41) is 9.74. The number of aliphatic hydroxyl groups is 1. The summed E-state index contributed by atoms with van der Waals surface area (Å²) in [7, 11) is 0. The Hall–Kier alpha value is -0.0800. The van der Waals surface area contributed by atoms with Crippen LogP contribution in [0.25, 0.3) is 0 Å². The van der Waals surface area contributed by atoms with Gasteiger partial charge in [-0.25, -0.2) is 0 Å². The average Bonchev–Trinajstić information content (AvgIpc) is 2.05. The lowest BCUT2D eigenvalue weighted by Gasteiger charge is -2.43. The van der Waals surface area contributed by atoms with Crippen molar-refractivity contribution in [1.82, 2.24) is 0 Å². The Morgan fingerprint density at radius 3 is 1.92 bits per heavy atom. The second-order valence-corrected chi connectivity index (χ2v) is 4.18. The van der Waals surface area contributed by atoms with Gasteiger partial charge in [0.25, 0.3) is 0 Å². The monoisotopic (exact) mass is 172 g/mol. The van der Waals surface area contributed by atoms with E-state index >= 15 is 0 Å². The summed E-state index contributed by atoms with van der Waals surface area (Å²) < 4.78 is 5.31. The van der Waals surface area contributed by atoms with Crippen LogP contribution in [0, 0.1) is 11.3 Å². The zero-order valence-corrected chi connectivity index (χ0v) is 8.34. The first-order valence-electron chi connectivity index (χ1n) is 4.85. The molecule has 0 bridgehead atoms. The van der Waals surface area contributed by atoms with Gasteiger partial charge in [0, 0.05) is 18.6 Å². The van der Waals surface area contributed by atoms with E-state index < -0.39 is 0 Å². The average molecular weight is 172 g/mol. The Morgan fingerprint density at radius 1 is 1.17 bits per heavy atom. The predicted octanol–water partition coefficient (Wildman–Crippen LogP) is 1.82. The number of aliphatic hydroxyl groups excluding tert-OH is 1. The molecule has 0 amide bonds. The summed E-state index contributed by atoms with van der Waals surface area (Å²) in [4.78, 5) is 0. The SMILES string of the molecule is CC(C)C1([C@@H](C)O)CCOCC1. The number of ether oxygens (including phenoxy) is 1. The van der Waals surface area contributed by atoms with Crippen molar-refractivity contribution < 1.29 is 9.84 Å². The molecule has 72 valence electrons. The van der Waals surface area contributed by atoms with Gasteiger partial charge in [0.1, 0.15) is 0 Å². The minimum atomic E-state index is -0.207. The van der Waals surface area contributed by atoms with Crippen molar-refractivity contribution in [3.8, 4) is 0 Å². The van der Waals surface area contributed by atoms with Crippen LogP contribution in [0.4, 0.5) is 0 Å². The Balaban J connectivity index is 2.70. The zero-order chi connectivity index (χ0) is 9.19. The van der Waals surface area contributed by atoms with Gasteiger partial charge in [0.15, 0.2) is 0 Å². The van der Waals surface area contributed by atoms with Crippen molar-refractivity contribution in [1.29, 1.82) is 0 Å². The van der Waals surface area contributed by atoms with Gasteiger partial charge in [0.2, 0.25) is 0 Å². The van der Waals surface area contributed by atoms with Crippen LogP contribution >= 0.6 is 0 Å². The van der Waals surface area contributed by atoms with Crippen molar-refractivity contribution in [2.75, 3.05) is 13.2 Å². The second kappa shape index (κ2) is 3.75. The van der Waals surface area contributed by atoms with E-state index in [0.29, 0.717) is 5.92 Å². The third kappa shape index (κ3) is 1.64. The smallest absolute Gasteiger partial charge is 0.0572 e. The van der Waals surface area contributed by atoms with E-state index in [4.69, 9.17) is 4.74 Å². The largest absolute Gasteiger partial charge is 0.393 e. The molecule has 1 heterocycles. The van der Waals surface area contributed by atoms with Gasteiger partial charge < -0.3 is 9.84 Å². The van der Waals surface area contributed by atoms with E-state index in [1.807, 2.05) is 6.92 Å². The fourth-order valence-corrected chi connectivity index (χ4v) is 2.23. The Labute approximate surface area is 74.9 Å². The molecule has 1 aliphatic rings. The highest BCUT2D eigenvalue weighted by molar-refractivity contribution is 4.88. The summed E-state index contributed by atoms with van der Waals surface area (Å²) in [6.07, 6.45) is 1.80. The number of rotatable bonds is 2. The van der Waals surface area contributed by atoms with Crippen LogP contribution in [0.3, 0.4) is 0 Å². The molecule has 2 nitrogen and oxygen atoms in total. The highest BCUT2D eigenvalue weighted by atomic mass is 16.5. The number of hydrogen-bond donors (Lipinski definition) is 1. The van der Waals surface area contributed by atoms with Gasteiger partial charge in [-0.1, -0.05) is 13.8 Å². The van der Waals surface area contributed by atoms with Crippen LogP contribution < -0.4 is 0 Å². The quantitative estimate of drug-likeness (QED) is 0.688. The molecule has 1 N–H and O–H groups in total. The number of hydrogen-bond acceptors (Lipinski definition) is 2. The standard InChI is InChI=1S/C10H20O2/c1-8(2)10(9(3)11)4-6-12-7-5-10/h8-9,11H,4-7H2,1-3H3/t9-/m1/s1. The van der Waals surface area contributed by atoms with Gasteiger partial charge in [-0.3, -0.25) is 0 Å². The summed E-state index contributed by atoms with van der Waals surface area (Å²) in [5.74, 6) is 0.543. The molecule has 0 aromatic heterocycles. The Kier molecular flexibility index (Phi) is 3.13. The molecule has 0 aromatic rings. The summed E-state index contributed by atoms with van der Waals surface area (Å²) in [6.45, 7) is 7.91. The third-order valence-electron chi connectivity index (χ3n) is 3.41. The van der Waals surface area contributed by atoms with Crippen LogP contribution in [0.2, 0.25) is 0 Å². The molecule has 0 radical (unpaired) electrons. The molecule has 1 saturated heterocycles. The van der Waals surface area contributed by atoms with Gasteiger partial charge in [-0.05, 0) is 25.7 Å². The molecule has 1 fully saturated rings. The first-order valence-corrected chi connectivity index (χ1v) is 4.85. The molecule has 0 unspecified atom stereocenters. The minimum absolute atomic E-state index is 0.109. The molecular formula is C10H20O2. The first-order chi connectivity index (χ1) is 5.59. The van der Waals surface area contributed by atoms with Crippen molar-refractivity contribution in [2.45, 2.75) is 39.7 Å². The van der Waals surface area contributed by atoms with E-state index in [0.717, 1.165) is 26.1 Å². The van der Waals surface area contributed by atoms with Crippen LogP contribution in [-0.2, 0) is 4.74 Å². The summed E-state index contributed by atoms with van der Waals surface area (Å²) in [6, 6.07) is 0. The fraction of sp³-hybridized carbons (Fsp3) is 1.00. The molecule has 1 atom stereocenters. The molecule has 0 aromatic carbocycles. The maximum absolute atomic E-state index is 9.74. The molecule has 1 rings (SSSR count).